The second kappa shape index (κ2) is 9.93. The van der Waals surface area contributed by atoms with Gasteiger partial charge in [0.15, 0.2) is 5.75 Å². The van der Waals surface area contributed by atoms with Gasteiger partial charge in [-0.1, -0.05) is 5.92 Å². The lowest BCUT2D eigenvalue weighted by Crippen LogP contribution is -2.51. The van der Waals surface area contributed by atoms with Crippen LogP contribution < -0.4 is 15.0 Å². The number of carbonyl (C=O) groups excluding carboxylic acids is 1. The van der Waals surface area contributed by atoms with Crippen molar-refractivity contribution in [3.8, 4) is 23.7 Å². The minimum Gasteiger partial charge on any atom is -0.485 e. The van der Waals surface area contributed by atoms with Gasteiger partial charge in [0, 0.05) is 63.1 Å². The first-order valence-electron chi connectivity index (χ1n) is 12.9. The van der Waals surface area contributed by atoms with Crippen LogP contribution >= 0.6 is 0 Å². The summed E-state index contributed by atoms with van der Waals surface area (Å²) in [5.41, 5.74) is 4.53. The van der Waals surface area contributed by atoms with E-state index in [1.807, 2.05) is 23.2 Å². The van der Waals surface area contributed by atoms with Crippen molar-refractivity contribution in [2.45, 2.75) is 31.9 Å². The van der Waals surface area contributed by atoms with Gasteiger partial charge in [-0.25, -0.2) is 4.98 Å². The van der Waals surface area contributed by atoms with Gasteiger partial charge in [-0.3, -0.25) is 9.69 Å². The van der Waals surface area contributed by atoms with Crippen molar-refractivity contribution in [2.24, 2.45) is 0 Å². The van der Waals surface area contributed by atoms with E-state index in [9.17, 15) is 10.1 Å². The molecule has 3 fully saturated rings. The fraction of sp³-hybridized carbons (Fsp3) is 0.464. The van der Waals surface area contributed by atoms with Crippen LogP contribution in [0.15, 0.2) is 24.4 Å². The quantitative estimate of drug-likeness (QED) is 0.645. The summed E-state index contributed by atoms with van der Waals surface area (Å²) in [6.45, 7) is 8.41. The standard InChI is InChI=1S/C28H30N6O3/c1-2-3-26(35)33-7-5-22(17-33)34-15-21(16-34)19-12-20(14-29)27-24(13-19)31-28-23(18-37-27)25(4-6-30-28)32-8-10-36-11-9-32/h4,6,12-13,21-22H,5,7-11,15-18H2,1H3,(H,30,31). The predicted molar refractivity (Wildman–Crippen MR) is 139 cm³/mol. The molecule has 0 saturated carbocycles. The molecular formula is C28H30N6O3. The fourth-order valence-corrected chi connectivity index (χ4v) is 5.75. The molecule has 9 nitrogen and oxygen atoms in total. The van der Waals surface area contributed by atoms with Gasteiger partial charge in [0.05, 0.1) is 30.0 Å². The minimum atomic E-state index is -0.0803. The predicted octanol–water partition coefficient (Wildman–Crippen LogP) is 2.45. The molecule has 0 radical (unpaired) electrons. The van der Waals surface area contributed by atoms with E-state index in [-0.39, 0.29) is 5.91 Å². The Morgan fingerprint density at radius 3 is 2.81 bits per heavy atom. The minimum absolute atomic E-state index is 0.0803. The van der Waals surface area contributed by atoms with E-state index < -0.39 is 0 Å². The smallest absolute Gasteiger partial charge is 0.298 e. The highest BCUT2D eigenvalue weighted by Crippen LogP contribution is 2.42. The molecule has 1 N–H and O–H groups in total. The number of amides is 1. The van der Waals surface area contributed by atoms with E-state index in [2.05, 4.69) is 44.1 Å². The van der Waals surface area contributed by atoms with E-state index in [1.165, 1.54) is 0 Å². The molecule has 6 rings (SSSR count). The van der Waals surface area contributed by atoms with Gasteiger partial charge in [-0.05, 0) is 43.0 Å². The lowest BCUT2D eigenvalue weighted by atomic mass is 9.88. The maximum absolute atomic E-state index is 12.1. The van der Waals surface area contributed by atoms with Crippen molar-refractivity contribution in [2.75, 3.05) is 62.7 Å². The van der Waals surface area contributed by atoms with Crippen molar-refractivity contribution in [3.05, 3.63) is 41.1 Å². The van der Waals surface area contributed by atoms with E-state index >= 15 is 0 Å². The van der Waals surface area contributed by atoms with Crippen LogP contribution in [0.5, 0.6) is 5.75 Å². The first-order chi connectivity index (χ1) is 18.1. The Hall–Kier alpha value is -3.79. The Morgan fingerprint density at radius 2 is 2.03 bits per heavy atom. The third-order valence-electron chi connectivity index (χ3n) is 7.81. The zero-order chi connectivity index (χ0) is 25.4. The van der Waals surface area contributed by atoms with Crippen LogP contribution in [0, 0.1) is 23.2 Å². The van der Waals surface area contributed by atoms with Crippen LogP contribution in [0.3, 0.4) is 0 Å². The van der Waals surface area contributed by atoms with E-state index in [0.29, 0.717) is 43.1 Å². The number of carbonyl (C=O) groups is 1. The van der Waals surface area contributed by atoms with Gasteiger partial charge >= 0.3 is 0 Å². The number of hydrogen-bond donors (Lipinski definition) is 1. The number of pyridine rings is 1. The second-order valence-electron chi connectivity index (χ2n) is 9.95. The van der Waals surface area contributed by atoms with E-state index in [1.54, 1.807) is 6.92 Å². The molecule has 0 bridgehead atoms. The molecule has 190 valence electrons. The summed E-state index contributed by atoms with van der Waals surface area (Å²) in [5, 5.41) is 13.4. The van der Waals surface area contributed by atoms with Crippen LogP contribution in [0.2, 0.25) is 0 Å². The molecule has 1 amide bonds. The zero-order valence-corrected chi connectivity index (χ0v) is 21.0. The Kier molecular flexibility index (Phi) is 6.33. The number of nitrogens with zero attached hydrogens (tertiary/aromatic N) is 5. The van der Waals surface area contributed by atoms with Gasteiger partial charge in [0.2, 0.25) is 0 Å². The number of ether oxygens (including phenoxy) is 2. The highest BCUT2D eigenvalue weighted by molar-refractivity contribution is 5.93. The molecule has 2 aromatic rings. The molecule has 9 heteroatoms. The van der Waals surface area contributed by atoms with Crippen LogP contribution in [0.4, 0.5) is 17.2 Å². The van der Waals surface area contributed by atoms with Crippen molar-refractivity contribution in [1.29, 1.82) is 5.26 Å². The molecule has 1 unspecified atom stereocenters. The second-order valence-corrected chi connectivity index (χ2v) is 9.95. The molecule has 1 aromatic carbocycles. The highest BCUT2D eigenvalue weighted by atomic mass is 16.5. The Bertz CT molecular complexity index is 1310. The average molecular weight is 499 g/mol. The molecule has 37 heavy (non-hydrogen) atoms. The normalized spacial score (nSPS) is 21.2. The van der Waals surface area contributed by atoms with E-state index in [0.717, 1.165) is 74.0 Å². The number of aromatic nitrogens is 1. The van der Waals surface area contributed by atoms with Gasteiger partial charge < -0.3 is 24.6 Å². The third-order valence-corrected chi connectivity index (χ3v) is 7.81. The summed E-state index contributed by atoms with van der Waals surface area (Å²) in [6, 6.07) is 8.81. The van der Waals surface area contributed by atoms with Gasteiger partial charge in [0.1, 0.15) is 18.5 Å². The Balaban J connectivity index is 1.19. The summed E-state index contributed by atoms with van der Waals surface area (Å²) >= 11 is 0. The number of anilines is 3. The number of nitrogens with one attached hydrogen (secondary N) is 1. The van der Waals surface area contributed by atoms with Crippen LogP contribution in [0.25, 0.3) is 0 Å². The molecule has 0 spiro atoms. The molecule has 1 aromatic heterocycles. The largest absolute Gasteiger partial charge is 0.485 e. The van der Waals surface area contributed by atoms with Crippen LogP contribution in [-0.4, -0.2) is 79.2 Å². The summed E-state index contributed by atoms with van der Waals surface area (Å²) < 4.78 is 11.8. The highest BCUT2D eigenvalue weighted by Gasteiger charge is 2.38. The number of morpholine rings is 1. The Labute approximate surface area is 216 Å². The van der Waals surface area contributed by atoms with E-state index in [4.69, 9.17) is 9.47 Å². The third kappa shape index (κ3) is 4.46. The lowest BCUT2D eigenvalue weighted by Gasteiger charge is -2.43. The van der Waals surface area contributed by atoms with Crippen LogP contribution in [-0.2, 0) is 16.1 Å². The summed E-state index contributed by atoms with van der Waals surface area (Å²) in [5.74, 6) is 6.95. The maximum Gasteiger partial charge on any atom is 0.298 e. The number of fused-ring (bicyclic) bond motifs is 2. The van der Waals surface area contributed by atoms with Gasteiger partial charge in [-0.15, -0.1) is 0 Å². The van der Waals surface area contributed by atoms with Crippen LogP contribution in [0.1, 0.15) is 36.0 Å². The first-order valence-corrected chi connectivity index (χ1v) is 12.9. The van der Waals surface area contributed by atoms with Gasteiger partial charge in [-0.2, -0.15) is 5.26 Å². The SMILES string of the molecule is CC#CC(=O)N1CCC(N2CC(c3cc(C#N)c4c(c3)Nc3nccc(N5CCOCC5)c3CO4)C2)C1. The monoisotopic (exact) mass is 498 g/mol. The molecule has 5 heterocycles. The number of rotatable bonds is 3. The molecule has 4 aliphatic rings. The lowest BCUT2D eigenvalue weighted by molar-refractivity contribution is -0.124. The Morgan fingerprint density at radius 1 is 1.19 bits per heavy atom. The number of likely N-dealkylation sites (tertiary alicyclic amines) is 2. The molecule has 3 saturated heterocycles. The molecule has 0 aliphatic carbocycles. The maximum atomic E-state index is 12.1. The molecule has 1 atom stereocenters. The van der Waals surface area contributed by atoms with Crippen molar-refractivity contribution in [1.82, 2.24) is 14.8 Å². The molecular weight excluding hydrogens is 468 g/mol. The summed E-state index contributed by atoms with van der Waals surface area (Å²) in [7, 11) is 0. The number of hydrogen-bond acceptors (Lipinski definition) is 8. The topological polar surface area (TPSA) is 94.0 Å². The molecule has 4 aliphatic heterocycles. The number of benzene rings is 1. The fourth-order valence-electron chi connectivity index (χ4n) is 5.75. The van der Waals surface area contributed by atoms with Crippen molar-refractivity contribution < 1.29 is 14.3 Å². The summed E-state index contributed by atoms with van der Waals surface area (Å²) in [4.78, 5) is 23.3. The van der Waals surface area contributed by atoms with Gasteiger partial charge in [0.25, 0.3) is 5.91 Å². The average Bonchev–Trinajstić information content (AvgIpc) is 3.29. The zero-order valence-electron chi connectivity index (χ0n) is 21.0. The van der Waals surface area contributed by atoms with Crippen molar-refractivity contribution >= 4 is 23.1 Å². The summed E-state index contributed by atoms with van der Waals surface area (Å²) in [6.07, 6.45) is 2.79. The first kappa shape index (κ1) is 23.6. The number of nitriles is 1. The van der Waals surface area contributed by atoms with Crippen molar-refractivity contribution in [3.63, 3.8) is 0 Å².